The van der Waals surface area contributed by atoms with E-state index in [0.717, 1.165) is 24.9 Å². The molecule has 0 amide bonds. The van der Waals surface area contributed by atoms with Crippen LogP contribution < -0.4 is 0 Å². The first-order chi connectivity index (χ1) is 6.45. The molecule has 66 valence electrons. The Bertz CT molecular complexity index is 322. The molecule has 0 bridgehead atoms. The minimum absolute atomic E-state index is 1.02. The molecule has 0 radical (unpaired) electrons. The van der Waals surface area contributed by atoms with Gasteiger partial charge >= 0.3 is 0 Å². The Hall–Kier alpha value is -1.37. The average molecular weight is 171 g/mol. The first-order valence-electron chi connectivity index (χ1n) is 4.71. The summed E-state index contributed by atoms with van der Waals surface area (Å²) >= 11 is 0. The molecule has 0 saturated carbocycles. The van der Waals surface area contributed by atoms with E-state index in [-0.39, 0.29) is 0 Å². The highest BCUT2D eigenvalue weighted by Crippen LogP contribution is 2.15. The fourth-order valence-corrected chi connectivity index (χ4v) is 1.48. The van der Waals surface area contributed by atoms with Crippen LogP contribution in [0.25, 0.3) is 0 Å². The minimum atomic E-state index is 1.02. The number of nitrogens with zero attached hydrogens (tertiary/aromatic N) is 1. The summed E-state index contributed by atoms with van der Waals surface area (Å²) in [6, 6.07) is 10.2. The quantitative estimate of drug-likeness (QED) is 0.573. The van der Waals surface area contributed by atoms with Crippen molar-refractivity contribution in [2.45, 2.75) is 19.3 Å². The molecule has 1 heteroatoms. The third-order valence-corrected chi connectivity index (χ3v) is 2.16. The maximum Gasteiger partial charge on any atom is 0.0629 e. The van der Waals surface area contributed by atoms with Crippen LogP contribution in [0.2, 0.25) is 0 Å². The van der Waals surface area contributed by atoms with E-state index < -0.39 is 0 Å². The average Bonchev–Trinajstić information content (AvgIpc) is 2.21. The molecule has 0 saturated heterocycles. The SMILES string of the molecule is C1=CCC(=Nc2ccccc2)CC1. The van der Waals surface area contributed by atoms with Crippen molar-refractivity contribution in [3.05, 3.63) is 42.5 Å². The highest BCUT2D eigenvalue weighted by molar-refractivity contribution is 5.88. The van der Waals surface area contributed by atoms with Crippen LogP contribution in [-0.4, -0.2) is 5.71 Å². The second-order valence-electron chi connectivity index (χ2n) is 3.23. The normalized spacial score (nSPS) is 19.2. The largest absolute Gasteiger partial charge is 0.258 e. The Morgan fingerprint density at radius 3 is 2.54 bits per heavy atom. The molecule has 1 aromatic rings. The van der Waals surface area contributed by atoms with E-state index in [4.69, 9.17) is 0 Å². The fraction of sp³-hybridized carbons (Fsp3) is 0.250. The first-order valence-corrected chi connectivity index (χ1v) is 4.71. The molecular weight excluding hydrogens is 158 g/mol. The summed E-state index contributed by atoms with van der Waals surface area (Å²) in [5.74, 6) is 0. The van der Waals surface area contributed by atoms with Gasteiger partial charge in [0.05, 0.1) is 5.69 Å². The maximum atomic E-state index is 4.58. The Labute approximate surface area is 78.8 Å². The van der Waals surface area contributed by atoms with Crippen molar-refractivity contribution in [2.75, 3.05) is 0 Å². The van der Waals surface area contributed by atoms with E-state index in [1.165, 1.54) is 5.71 Å². The Kier molecular flexibility index (Phi) is 2.56. The van der Waals surface area contributed by atoms with Gasteiger partial charge in [-0.15, -0.1) is 0 Å². The zero-order valence-electron chi connectivity index (χ0n) is 7.61. The van der Waals surface area contributed by atoms with Crippen molar-refractivity contribution in [1.29, 1.82) is 0 Å². The van der Waals surface area contributed by atoms with Crippen molar-refractivity contribution in [3.63, 3.8) is 0 Å². The molecule has 0 atom stereocenters. The second kappa shape index (κ2) is 4.04. The molecule has 2 rings (SSSR count). The topological polar surface area (TPSA) is 12.4 Å². The van der Waals surface area contributed by atoms with Crippen molar-refractivity contribution in [2.24, 2.45) is 4.99 Å². The van der Waals surface area contributed by atoms with E-state index in [9.17, 15) is 0 Å². The number of rotatable bonds is 1. The number of hydrogen-bond donors (Lipinski definition) is 0. The van der Waals surface area contributed by atoms with Gasteiger partial charge in [-0.05, 0) is 25.0 Å². The summed E-state index contributed by atoms with van der Waals surface area (Å²) in [5, 5.41) is 0. The molecular formula is C12H13N. The lowest BCUT2D eigenvalue weighted by atomic mass is 10.1. The van der Waals surface area contributed by atoms with Gasteiger partial charge in [0.25, 0.3) is 0 Å². The van der Waals surface area contributed by atoms with Crippen LogP contribution in [0.4, 0.5) is 5.69 Å². The standard InChI is InChI=1S/C12H13N/c1-3-7-11(8-4-1)13-12-9-5-2-6-10-12/h1-5,7-8H,6,9-10H2. The van der Waals surface area contributed by atoms with Gasteiger partial charge in [-0.2, -0.15) is 0 Å². The van der Waals surface area contributed by atoms with Crippen LogP contribution in [-0.2, 0) is 0 Å². The summed E-state index contributed by atoms with van der Waals surface area (Å²) < 4.78 is 0. The van der Waals surface area contributed by atoms with Crippen LogP contribution in [0.3, 0.4) is 0 Å². The summed E-state index contributed by atoms with van der Waals surface area (Å²) in [7, 11) is 0. The van der Waals surface area contributed by atoms with Gasteiger partial charge in [0, 0.05) is 12.1 Å². The maximum absolute atomic E-state index is 4.58. The van der Waals surface area contributed by atoms with Crippen molar-refractivity contribution in [1.82, 2.24) is 0 Å². The van der Waals surface area contributed by atoms with Gasteiger partial charge < -0.3 is 0 Å². The van der Waals surface area contributed by atoms with Gasteiger partial charge in [0.15, 0.2) is 0 Å². The molecule has 0 N–H and O–H groups in total. The monoisotopic (exact) mass is 171 g/mol. The van der Waals surface area contributed by atoms with Gasteiger partial charge in [-0.25, -0.2) is 0 Å². The number of benzene rings is 1. The Balaban J connectivity index is 2.16. The smallest absolute Gasteiger partial charge is 0.0629 e. The van der Waals surface area contributed by atoms with Crippen LogP contribution in [0.15, 0.2) is 47.5 Å². The highest BCUT2D eigenvalue weighted by Gasteiger charge is 2.00. The lowest BCUT2D eigenvalue weighted by molar-refractivity contribution is 1.03. The van der Waals surface area contributed by atoms with Gasteiger partial charge in [0.2, 0.25) is 0 Å². The van der Waals surface area contributed by atoms with E-state index in [1.54, 1.807) is 0 Å². The Morgan fingerprint density at radius 1 is 1.00 bits per heavy atom. The summed E-state index contributed by atoms with van der Waals surface area (Å²) in [4.78, 5) is 4.58. The molecule has 13 heavy (non-hydrogen) atoms. The Morgan fingerprint density at radius 2 is 1.85 bits per heavy atom. The predicted molar refractivity (Wildman–Crippen MR) is 56.5 cm³/mol. The van der Waals surface area contributed by atoms with Crippen molar-refractivity contribution in [3.8, 4) is 0 Å². The third-order valence-electron chi connectivity index (χ3n) is 2.16. The molecule has 0 unspecified atom stereocenters. The molecule has 0 fully saturated rings. The van der Waals surface area contributed by atoms with Crippen LogP contribution in [0.5, 0.6) is 0 Å². The predicted octanol–water partition coefficient (Wildman–Crippen LogP) is 3.50. The summed E-state index contributed by atoms with van der Waals surface area (Å²) in [6.07, 6.45) is 7.71. The number of hydrogen-bond acceptors (Lipinski definition) is 1. The van der Waals surface area contributed by atoms with Gasteiger partial charge in [-0.3, -0.25) is 4.99 Å². The zero-order valence-corrected chi connectivity index (χ0v) is 7.61. The lowest BCUT2D eigenvalue weighted by Crippen LogP contribution is -1.99. The number of aliphatic imine (C=N–C) groups is 1. The summed E-state index contributed by atoms with van der Waals surface area (Å²) in [6.45, 7) is 0. The van der Waals surface area contributed by atoms with Crippen LogP contribution in [0, 0.1) is 0 Å². The minimum Gasteiger partial charge on any atom is -0.258 e. The van der Waals surface area contributed by atoms with Crippen LogP contribution >= 0.6 is 0 Å². The van der Waals surface area contributed by atoms with E-state index in [0.29, 0.717) is 0 Å². The molecule has 0 spiro atoms. The highest BCUT2D eigenvalue weighted by atomic mass is 14.7. The molecule has 0 aliphatic heterocycles. The molecule has 1 nitrogen and oxygen atoms in total. The van der Waals surface area contributed by atoms with E-state index >= 15 is 0 Å². The van der Waals surface area contributed by atoms with E-state index in [1.807, 2.05) is 30.3 Å². The molecule has 1 aliphatic carbocycles. The second-order valence-corrected chi connectivity index (χ2v) is 3.23. The van der Waals surface area contributed by atoms with Gasteiger partial charge in [-0.1, -0.05) is 30.4 Å². The lowest BCUT2D eigenvalue weighted by Gasteiger charge is -2.06. The molecule has 1 aromatic carbocycles. The van der Waals surface area contributed by atoms with Gasteiger partial charge in [0.1, 0.15) is 0 Å². The van der Waals surface area contributed by atoms with Crippen molar-refractivity contribution >= 4 is 11.4 Å². The zero-order chi connectivity index (χ0) is 8.93. The molecule has 0 aromatic heterocycles. The van der Waals surface area contributed by atoms with Crippen molar-refractivity contribution < 1.29 is 0 Å². The number of para-hydroxylation sites is 1. The first kappa shape index (κ1) is 8.24. The fourth-order valence-electron chi connectivity index (χ4n) is 1.48. The summed E-state index contributed by atoms with van der Waals surface area (Å²) in [5.41, 5.74) is 2.38. The molecule has 1 aliphatic rings. The van der Waals surface area contributed by atoms with Crippen LogP contribution in [0.1, 0.15) is 19.3 Å². The number of allylic oxidation sites excluding steroid dienone is 2. The third kappa shape index (κ3) is 2.28. The molecule has 0 heterocycles. The van der Waals surface area contributed by atoms with E-state index in [2.05, 4.69) is 17.1 Å².